The van der Waals surface area contributed by atoms with E-state index in [0.29, 0.717) is 0 Å². The fraction of sp³-hybridized carbons (Fsp3) is 0.364. The summed E-state index contributed by atoms with van der Waals surface area (Å²) in [5, 5.41) is 7.49. The Kier molecular flexibility index (Phi) is 2.85. The van der Waals surface area contributed by atoms with Gasteiger partial charge in [-0.15, -0.1) is 0 Å². The second-order valence-corrected chi connectivity index (χ2v) is 3.72. The molecule has 84 valence electrons. The highest BCUT2D eigenvalue weighted by Crippen LogP contribution is 2.09. The Bertz CT molecular complexity index is 541. The largest absolute Gasteiger partial charge is 0.368 e. The van der Waals surface area contributed by atoms with Crippen molar-refractivity contribution >= 4 is 0 Å². The monoisotopic (exact) mass is 218 g/mol. The smallest absolute Gasteiger partial charge is 0.244 e. The van der Waals surface area contributed by atoms with Crippen molar-refractivity contribution in [3.63, 3.8) is 0 Å². The first-order valence-electron chi connectivity index (χ1n) is 5.30. The molecule has 0 saturated carbocycles. The van der Waals surface area contributed by atoms with Crippen LogP contribution in [0.25, 0.3) is 5.69 Å². The van der Waals surface area contributed by atoms with Crippen LogP contribution in [-0.2, 0) is 13.5 Å². The van der Waals surface area contributed by atoms with E-state index in [9.17, 15) is 4.79 Å². The molecule has 0 N–H and O–H groups in total. The van der Waals surface area contributed by atoms with E-state index in [1.165, 1.54) is 14.9 Å². The first-order chi connectivity index (χ1) is 7.72. The van der Waals surface area contributed by atoms with Crippen molar-refractivity contribution in [2.45, 2.75) is 19.8 Å². The molecule has 0 unspecified atom stereocenters. The maximum Gasteiger partial charge on any atom is 0.368 e. The molecule has 0 bridgehead atoms. The predicted molar refractivity (Wildman–Crippen MR) is 60.6 cm³/mol. The number of hydrogen-bond donors (Lipinski definition) is 0. The molecule has 0 aliphatic carbocycles. The Morgan fingerprint density at radius 2 is 2.12 bits per heavy atom. The molecule has 0 atom stereocenters. The summed E-state index contributed by atoms with van der Waals surface area (Å²) in [4.78, 5) is 11.6. The lowest BCUT2D eigenvalue weighted by Crippen LogP contribution is -2.21. The third-order valence-corrected chi connectivity index (χ3v) is 2.42. The fourth-order valence-corrected chi connectivity index (χ4v) is 1.61. The first-order valence-corrected chi connectivity index (χ1v) is 5.30. The maximum atomic E-state index is 11.6. The minimum atomic E-state index is -0.228. The molecule has 0 saturated heterocycles. The average molecular weight is 218 g/mol. The molecule has 0 amide bonds. The van der Waals surface area contributed by atoms with E-state index in [-0.39, 0.29) is 5.69 Å². The molecule has 5 nitrogen and oxygen atoms in total. The van der Waals surface area contributed by atoms with Gasteiger partial charge in [0.25, 0.3) is 0 Å². The van der Waals surface area contributed by atoms with Crippen LogP contribution in [0.3, 0.4) is 0 Å². The van der Waals surface area contributed by atoms with Gasteiger partial charge in [0.15, 0.2) is 0 Å². The Hall–Kier alpha value is -1.91. The summed E-state index contributed by atoms with van der Waals surface area (Å²) in [5.74, 6) is 0. The molecule has 1 aromatic carbocycles. The summed E-state index contributed by atoms with van der Waals surface area (Å²) in [7, 11) is 1.59. The van der Waals surface area contributed by atoms with Crippen LogP contribution in [-0.4, -0.2) is 19.8 Å². The van der Waals surface area contributed by atoms with E-state index < -0.39 is 0 Å². The van der Waals surface area contributed by atoms with E-state index in [1.54, 1.807) is 7.05 Å². The highest BCUT2D eigenvalue weighted by Gasteiger charge is 2.05. The molecular formula is C11H14N4O. The Morgan fingerprint density at radius 1 is 1.31 bits per heavy atom. The van der Waals surface area contributed by atoms with Crippen LogP contribution in [0.1, 0.15) is 18.9 Å². The van der Waals surface area contributed by atoms with Crippen LogP contribution < -0.4 is 5.69 Å². The molecule has 1 aromatic heterocycles. The summed E-state index contributed by atoms with van der Waals surface area (Å²) in [6.07, 6.45) is 2.08. The number of aromatic nitrogens is 4. The quantitative estimate of drug-likeness (QED) is 0.769. The standard InChI is InChI=1S/C11H14N4O/c1-3-5-9-6-4-7-10(8-9)15-11(16)14(2)12-13-15/h4,6-8H,3,5H2,1-2H3. The number of nitrogens with zero attached hydrogens (tertiary/aromatic N) is 4. The highest BCUT2D eigenvalue weighted by molar-refractivity contribution is 5.34. The van der Waals surface area contributed by atoms with Gasteiger partial charge in [-0.3, -0.25) is 0 Å². The molecule has 0 fully saturated rings. The average Bonchev–Trinajstić information content (AvgIpc) is 2.61. The number of rotatable bonds is 3. The van der Waals surface area contributed by atoms with Crippen LogP contribution >= 0.6 is 0 Å². The first kappa shape index (κ1) is 10.6. The van der Waals surface area contributed by atoms with Gasteiger partial charge in [-0.05, 0) is 34.5 Å². The lowest BCUT2D eigenvalue weighted by Gasteiger charge is -2.02. The van der Waals surface area contributed by atoms with Crippen LogP contribution in [0.5, 0.6) is 0 Å². The second kappa shape index (κ2) is 4.30. The van der Waals surface area contributed by atoms with Gasteiger partial charge in [0.05, 0.1) is 5.69 Å². The molecule has 0 aliphatic rings. The van der Waals surface area contributed by atoms with Crippen molar-refractivity contribution in [2.75, 3.05) is 0 Å². The number of tetrazole rings is 1. The molecule has 0 spiro atoms. The predicted octanol–water partition coefficient (Wildman–Crippen LogP) is 0.918. The van der Waals surface area contributed by atoms with Gasteiger partial charge in [0, 0.05) is 7.05 Å². The fourth-order valence-electron chi connectivity index (χ4n) is 1.61. The van der Waals surface area contributed by atoms with Crippen LogP contribution in [0.4, 0.5) is 0 Å². The summed E-state index contributed by atoms with van der Waals surface area (Å²) >= 11 is 0. The Balaban J connectivity index is 2.44. The Labute approximate surface area is 93.3 Å². The summed E-state index contributed by atoms with van der Waals surface area (Å²) in [6.45, 7) is 2.13. The van der Waals surface area contributed by atoms with Gasteiger partial charge in [-0.1, -0.05) is 25.5 Å². The molecule has 0 radical (unpaired) electrons. The number of aryl methyl sites for hydroxylation is 2. The normalized spacial score (nSPS) is 10.6. The zero-order valence-electron chi connectivity index (χ0n) is 9.42. The second-order valence-electron chi connectivity index (χ2n) is 3.72. The van der Waals surface area contributed by atoms with E-state index in [2.05, 4.69) is 23.4 Å². The van der Waals surface area contributed by atoms with Gasteiger partial charge < -0.3 is 0 Å². The van der Waals surface area contributed by atoms with Crippen LogP contribution in [0, 0.1) is 0 Å². The van der Waals surface area contributed by atoms with E-state index >= 15 is 0 Å². The van der Waals surface area contributed by atoms with Gasteiger partial charge in [-0.25, -0.2) is 4.79 Å². The van der Waals surface area contributed by atoms with Gasteiger partial charge in [0.1, 0.15) is 0 Å². The zero-order chi connectivity index (χ0) is 11.5. The number of hydrogen-bond acceptors (Lipinski definition) is 3. The maximum absolute atomic E-state index is 11.6. The molecule has 5 heteroatoms. The van der Waals surface area contributed by atoms with Gasteiger partial charge in [0.2, 0.25) is 0 Å². The lowest BCUT2D eigenvalue weighted by atomic mass is 10.1. The van der Waals surface area contributed by atoms with Crippen molar-refractivity contribution < 1.29 is 0 Å². The summed E-state index contributed by atoms with van der Waals surface area (Å²) in [5.41, 5.74) is 1.75. The summed E-state index contributed by atoms with van der Waals surface area (Å²) in [6, 6.07) is 7.81. The molecule has 1 heterocycles. The van der Waals surface area contributed by atoms with Crippen LogP contribution in [0.15, 0.2) is 29.1 Å². The van der Waals surface area contributed by atoms with Gasteiger partial charge >= 0.3 is 5.69 Å². The molecule has 0 aliphatic heterocycles. The van der Waals surface area contributed by atoms with E-state index in [1.807, 2.05) is 18.2 Å². The number of benzene rings is 1. The van der Waals surface area contributed by atoms with Crippen molar-refractivity contribution in [1.82, 2.24) is 19.8 Å². The third kappa shape index (κ3) is 1.88. The minimum Gasteiger partial charge on any atom is -0.244 e. The van der Waals surface area contributed by atoms with E-state index in [4.69, 9.17) is 0 Å². The zero-order valence-corrected chi connectivity index (χ0v) is 9.42. The lowest BCUT2D eigenvalue weighted by molar-refractivity contribution is 0.693. The Morgan fingerprint density at radius 3 is 2.75 bits per heavy atom. The minimum absolute atomic E-state index is 0.228. The van der Waals surface area contributed by atoms with Crippen molar-refractivity contribution in [3.8, 4) is 5.69 Å². The van der Waals surface area contributed by atoms with Crippen molar-refractivity contribution in [1.29, 1.82) is 0 Å². The molecule has 2 rings (SSSR count). The van der Waals surface area contributed by atoms with Crippen molar-refractivity contribution in [3.05, 3.63) is 40.3 Å². The highest BCUT2D eigenvalue weighted by atomic mass is 16.2. The van der Waals surface area contributed by atoms with Gasteiger partial charge in [-0.2, -0.15) is 9.36 Å². The SMILES string of the molecule is CCCc1cccc(-n2nnn(C)c2=O)c1. The van der Waals surface area contributed by atoms with E-state index in [0.717, 1.165) is 18.5 Å². The van der Waals surface area contributed by atoms with Crippen LogP contribution in [0.2, 0.25) is 0 Å². The molecule has 2 aromatic rings. The van der Waals surface area contributed by atoms with Crippen molar-refractivity contribution in [2.24, 2.45) is 7.05 Å². The third-order valence-electron chi connectivity index (χ3n) is 2.42. The molecular weight excluding hydrogens is 204 g/mol. The topological polar surface area (TPSA) is 52.7 Å². The summed E-state index contributed by atoms with van der Waals surface area (Å²) < 4.78 is 2.52. The molecule has 16 heavy (non-hydrogen) atoms.